The average molecular weight is 218 g/mol. The summed E-state index contributed by atoms with van der Waals surface area (Å²) in [6.45, 7) is 6.62. The molecule has 1 saturated carbocycles. The van der Waals surface area contributed by atoms with Gasteiger partial charge in [-0.25, -0.2) is 0 Å². The Hall–Kier alpha value is -0.820. The number of aliphatic hydroxyl groups excluding tert-OH is 1. The highest BCUT2D eigenvalue weighted by molar-refractivity contribution is 5.29. The van der Waals surface area contributed by atoms with Crippen LogP contribution in [-0.4, -0.2) is 11.2 Å². The topological polar surface area (TPSA) is 20.2 Å². The van der Waals surface area contributed by atoms with Gasteiger partial charge in [0.2, 0.25) is 0 Å². The molecule has 1 aliphatic carbocycles. The van der Waals surface area contributed by atoms with Crippen LogP contribution in [0.3, 0.4) is 0 Å². The second-order valence-corrected chi connectivity index (χ2v) is 5.88. The lowest BCUT2D eigenvalue weighted by Gasteiger charge is -2.24. The number of benzene rings is 1. The first kappa shape index (κ1) is 11.7. The molecule has 0 aliphatic heterocycles. The maximum Gasteiger partial charge on any atom is 0.0545 e. The van der Waals surface area contributed by atoms with Crippen LogP contribution >= 0.6 is 0 Å². The van der Waals surface area contributed by atoms with E-state index in [2.05, 4.69) is 39.0 Å². The summed E-state index contributed by atoms with van der Waals surface area (Å²) in [5.74, 6) is 0. The predicted octanol–water partition coefficient (Wildman–Crippen LogP) is 3.40. The summed E-state index contributed by atoms with van der Waals surface area (Å²) in [7, 11) is 0. The van der Waals surface area contributed by atoms with E-state index in [0.29, 0.717) is 5.41 Å². The highest BCUT2D eigenvalue weighted by Gasteiger charge is 2.34. The van der Waals surface area contributed by atoms with Crippen LogP contribution in [0.4, 0.5) is 0 Å². The van der Waals surface area contributed by atoms with Crippen LogP contribution in [0.1, 0.15) is 42.9 Å². The van der Waals surface area contributed by atoms with Gasteiger partial charge < -0.3 is 5.11 Å². The fourth-order valence-electron chi connectivity index (χ4n) is 3.11. The van der Waals surface area contributed by atoms with Crippen LogP contribution in [-0.2, 0) is 6.42 Å². The van der Waals surface area contributed by atoms with E-state index in [4.69, 9.17) is 0 Å². The highest BCUT2D eigenvalue weighted by Crippen LogP contribution is 2.40. The van der Waals surface area contributed by atoms with Crippen molar-refractivity contribution in [2.24, 2.45) is 5.41 Å². The maximum absolute atomic E-state index is 9.65. The lowest BCUT2D eigenvalue weighted by atomic mass is 9.81. The Morgan fingerprint density at radius 3 is 2.38 bits per heavy atom. The second-order valence-electron chi connectivity index (χ2n) is 5.88. The van der Waals surface area contributed by atoms with Crippen LogP contribution in [0.15, 0.2) is 18.2 Å². The third-order valence-corrected chi connectivity index (χ3v) is 3.72. The quantitative estimate of drug-likeness (QED) is 0.806. The summed E-state index contributed by atoms with van der Waals surface area (Å²) in [5.41, 5.74) is 4.42. The van der Waals surface area contributed by atoms with Gasteiger partial charge >= 0.3 is 0 Å². The third kappa shape index (κ3) is 2.65. The van der Waals surface area contributed by atoms with Gasteiger partial charge in [-0.1, -0.05) is 36.2 Å². The molecule has 16 heavy (non-hydrogen) atoms. The summed E-state index contributed by atoms with van der Waals surface area (Å²) >= 11 is 0. The Morgan fingerprint density at radius 1 is 1.25 bits per heavy atom. The fourth-order valence-corrected chi connectivity index (χ4v) is 3.11. The molecular formula is C15H22O. The molecule has 0 spiro atoms. The molecule has 1 fully saturated rings. The summed E-state index contributed by atoms with van der Waals surface area (Å²) in [6.07, 6.45) is 4.12. The standard InChI is InChI=1S/C15H22O/c1-11-6-12(2)8-13(7-11)9-15(3)5-4-14(16)10-15/h6-8,14,16H,4-5,9-10H2,1-3H3. The maximum atomic E-state index is 9.65. The van der Waals surface area contributed by atoms with Crippen molar-refractivity contribution in [3.63, 3.8) is 0 Å². The normalized spacial score (nSPS) is 29.6. The lowest BCUT2D eigenvalue weighted by molar-refractivity contribution is 0.163. The zero-order valence-corrected chi connectivity index (χ0v) is 10.6. The molecule has 1 nitrogen and oxygen atoms in total. The molecule has 2 rings (SSSR count). The fraction of sp³-hybridized carbons (Fsp3) is 0.600. The minimum Gasteiger partial charge on any atom is -0.393 e. The van der Waals surface area contributed by atoms with Gasteiger partial charge in [0.25, 0.3) is 0 Å². The van der Waals surface area contributed by atoms with Crippen LogP contribution in [0, 0.1) is 19.3 Å². The molecule has 1 N–H and O–H groups in total. The molecule has 88 valence electrons. The molecule has 2 atom stereocenters. The van der Waals surface area contributed by atoms with Crippen molar-refractivity contribution in [1.82, 2.24) is 0 Å². The zero-order valence-electron chi connectivity index (χ0n) is 10.6. The molecule has 1 heteroatoms. The van der Waals surface area contributed by atoms with E-state index >= 15 is 0 Å². The summed E-state index contributed by atoms with van der Waals surface area (Å²) in [4.78, 5) is 0. The van der Waals surface area contributed by atoms with Gasteiger partial charge in [0.1, 0.15) is 0 Å². The molecule has 0 bridgehead atoms. The third-order valence-electron chi connectivity index (χ3n) is 3.72. The first-order valence-corrected chi connectivity index (χ1v) is 6.22. The molecule has 1 aliphatic rings. The van der Waals surface area contributed by atoms with E-state index in [1.54, 1.807) is 0 Å². The molecule has 1 aromatic rings. The summed E-state index contributed by atoms with van der Waals surface area (Å²) in [5, 5.41) is 9.65. The van der Waals surface area contributed by atoms with Crippen LogP contribution in [0.5, 0.6) is 0 Å². The van der Waals surface area contributed by atoms with E-state index in [1.807, 2.05) is 0 Å². The number of aryl methyl sites for hydroxylation is 2. The molecule has 0 radical (unpaired) electrons. The SMILES string of the molecule is Cc1cc(C)cc(CC2(C)CCC(O)C2)c1. The Balaban J connectivity index is 2.14. The molecule has 0 heterocycles. The predicted molar refractivity (Wildman–Crippen MR) is 67.6 cm³/mol. The van der Waals surface area contributed by atoms with E-state index in [1.165, 1.54) is 16.7 Å². The molecule has 2 unspecified atom stereocenters. The van der Waals surface area contributed by atoms with Gasteiger partial charge in [0.05, 0.1) is 6.10 Å². The second kappa shape index (κ2) is 4.21. The van der Waals surface area contributed by atoms with Gasteiger partial charge in [0.15, 0.2) is 0 Å². The first-order valence-electron chi connectivity index (χ1n) is 6.22. The largest absolute Gasteiger partial charge is 0.393 e. The van der Waals surface area contributed by atoms with Crippen molar-refractivity contribution < 1.29 is 5.11 Å². The van der Waals surface area contributed by atoms with Gasteiger partial charge in [-0.05, 0) is 50.5 Å². The zero-order chi connectivity index (χ0) is 11.8. The Morgan fingerprint density at radius 2 is 1.88 bits per heavy atom. The first-order chi connectivity index (χ1) is 7.47. The van der Waals surface area contributed by atoms with Gasteiger partial charge in [0, 0.05) is 0 Å². The monoisotopic (exact) mass is 218 g/mol. The van der Waals surface area contributed by atoms with Crippen molar-refractivity contribution in [3.8, 4) is 0 Å². The van der Waals surface area contributed by atoms with Gasteiger partial charge in [-0.2, -0.15) is 0 Å². The minimum absolute atomic E-state index is 0.0732. The highest BCUT2D eigenvalue weighted by atomic mass is 16.3. The van der Waals surface area contributed by atoms with Crippen molar-refractivity contribution >= 4 is 0 Å². The molecular weight excluding hydrogens is 196 g/mol. The Labute approximate surface area is 98.5 Å². The lowest BCUT2D eigenvalue weighted by Crippen LogP contribution is -2.16. The van der Waals surface area contributed by atoms with E-state index < -0.39 is 0 Å². The number of hydrogen-bond donors (Lipinski definition) is 1. The number of rotatable bonds is 2. The van der Waals surface area contributed by atoms with E-state index in [0.717, 1.165) is 25.7 Å². The van der Waals surface area contributed by atoms with E-state index in [9.17, 15) is 5.11 Å². The van der Waals surface area contributed by atoms with Crippen molar-refractivity contribution in [2.75, 3.05) is 0 Å². The van der Waals surface area contributed by atoms with E-state index in [-0.39, 0.29) is 6.10 Å². The molecule has 0 aromatic heterocycles. The van der Waals surface area contributed by atoms with Crippen LogP contribution in [0.25, 0.3) is 0 Å². The summed E-state index contributed by atoms with van der Waals surface area (Å²) < 4.78 is 0. The van der Waals surface area contributed by atoms with Crippen molar-refractivity contribution in [1.29, 1.82) is 0 Å². The molecule has 0 amide bonds. The minimum atomic E-state index is -0.0732. The molecule has 0 saturated heterocycles. The van der Waals surface area contributed by atoms with Crippen LogP contribution in [0.2, 0.25) is 0 Å². The van der Waals surface area contributed by atoms with Crippen LogP contribution < -0.4 is 0 Å². The molecule has 1 aromatic carbocycles. The Bertz CT molecular complexity index is 363. The van der Waals surface area contributed by atoms with Gasteiger partial charge in [-0.15, -0.1) is 0 Å². The number of hydrogen-bond acceptors (Lipinski definition) is 1. The smallest absolute Gasteiger partial charge is 0.0545 e. The van der Waals surface area contributed by atoms with Crippen molar-refractivity contribution in [3.05, 3.63) is 34.9 Å². The average Bonchev–Trinajstić information content (AvgIpc) is 2.43. The van der Waals surface area contributed by atoms with Gasteiger partial charge in [-0.3, -0.25) is 0 Å². The van der Waals surface area contributed by atoms with Crippen molar-refractivity contribution in [2.45, 2.75) is 52.6 Å². The Kier molecular flexibility index (Phi) is 3.07. The summed E-state index contributed by atoms with van der Waals surface area (Å²) in [6, 6.07) is 6.78. The number of aliphatic hydroxyl groups is 1.